The molecule has 0 aromatic heterocycles. The summed E-state index contributed by atoms with van der Waals surface area (Å²) in [5.41, 5.74) is 0. The highest BCUT2D eigenvalue weighted by Crippen LogP contribution is 2.07. The average Bonchev–Trinajstić information content (AvgIpc) is 2.33. The van der Waals surface area contributed by atoms with Crippen molar-refractivity contribution in [1.29, 1.82) is 0 Å². The molecule has 0 aliphatic carbocycles. The molecule has 0 aromatic rings. The number of amides is 1. The highest BCUT2D eigenvalue weighted by molar-refractivity contribution is 5.64. The van der Waals surface area contributed by atoms with E-state index in [1.807, 2.05) is 0 Å². The number of nitrogens with zero attached hydrogens (tertiary/aromatic N) is 1. The molecule has 0 spiro atoms. The minimum atomic E-state index is -0.769. The average molecular weight is 214 g/mol. The summed E-state index contributed by atoms with van der Waals surface area (Å²) >= 11 is 0. The lowest BCUT2D eigenvalue weighted by Gasteiger charge is -2.22. The van der Waals surface area contributed by atoms with Crippen LogP contribution in [0.3, 0.4) is 0 Å². The summed E-state index contributed by atoms with van der Waals surface area (Å²) in [5, 5.41) is 11.7. The second-order valence-electron chi connectivity index (χ2n) is 4.14. The predicted molar refractivity (Wildman–Crippen MR) is 60.2 cm³/mol. The lowest BCUT2D eigenvalue weighted by atomic mass is 10.1. The summed E-state index contributed by atoms with van der Waals surface area (Å²) in [6.45, 7) is 3.96. The van der Waals surface area contributed by atoms with Crippen LogP contribution in [0, 0.1) is 0 Å². The first-order valence-electron chi connectivity index (χ1n) is 5.99. The van der Waals surface area contributed by atoms with Gasteiger partial charge in [0.15, 0.2) is 0 Å². The van der Waals surface area contributed by atoms with E-state index in [1.165, 1.54) is 43.7 Å². The standard InChI is InChI=1S/C6H11NO2.C5H11N/c8-6(9)7-4-2-1-3-5-7;1-2-4-6-5-3-1/h1-5H2,(H,8,9);6H,1-5H2. The van der Waals surface area contributed by atoms with E-state index in [0.717, 1.165) is 25.9 Å². The van der Waals surface area contributed by atoms with E-state index in [4.69, 9.17) is 5.11 Å². The van der Waals surface area contributed by atoms with Gasteiger partial charge in [0.25, 0.3) is 0 Å². The molecule has 4 nitrogen and oxygen atoms in total. The van der Waals surface area contributed by atoms with Crippen LogP contribution in [0.5, 0.6) is 0 Å². The first-order valence-corrected chi connectivity index (χ1v) is 5.99. The number of carboxylic acid groups (broad SMARTS) is 1. The maximum absolute atomic E-state index is 10.3. The minimum Gasteiger partial charge on any atom is -0.465 e. The number of likely N-dealkylation sites (tertiary alicyclic amines) is 1. The van der Waals surface area contributed by atoms with Crippen molar-refractivity contribution in [3.05, 3.63) is 0 Å². The fourth-order valence-corrected chi connectivity index (χ4v) is 1.89. The Balaban J connectivity index is 0.000000162. The number of hydrogen-bond acceptors (Lipinski definition) is 2. The van der Waals surface area contributed by atoms with Crippen molar-refractivity contribution >= 4 is 6.09 Å². The molecule has 0 atom stereocenters. The minimum absolute atomic E-state index is 0.731. The Kier molecular flexibility index (Phi) is 6.16. The molecule has 0 bridgehead atoms. The Morgan fingerprint density at radius 2 is 1.47 bits per heavy atom. The van der Waals surface area contributed by atoms with Crippen molar-refractivity contribution in [1.82, 2.24) is 10.2 Å². The van der Waals surface area contributed by atoms with E-state index in [2.05, 4.69) is 5.32 Å². The van der Waals surface area contributed by atoms with Gasteiger partial charge in [-0.3, -0.25) is 0 Å². The molecule has 4 heteroatoms. The number of rotatable bonds is 0. The Morgan fingerprint density at radius 1 is 0.933 bits per heavy atom. The Bertz CT molecular complexity index is 164. The van der Waals surface area contributed by atoms with Gasteiger partial charge in [-0.1, -0.05) is 6.42 Å². The molecular formula is C11H22N2O2. The van der Waals surface area contributed by atoms with Gasteiger partial charge in [-0.25, -0.2) is 4.79 Å². The van der Waals surface area contributed by atoms with E-state index < -0.39 is 6.09 Å². The van der Waals surface area contributed by atoms with E-state index in [1.54, 1.807) is 0 Å². The molecule has 15 heavy (non-hydrogen) atoms. The van der Waals surface area contributed by atoms with Gasteiger partial charge >= 0.3 is 6.09 Å². The van der Waals surface area contributed by atoms with Crippen molar-refractivity contribution in [3.8, 4) is 0 Å². The SMILES string of the molecule is C1CCNCC1.O=C(O)N1CCCCC1. The van der Waals surface area contributed by atoms with E-state index in [0.29, 0.717) is 0 Å². The van der Waals surface area contributed by atoms with Gasteiger partial charge in [0, 0.05) is 13.1 Å². The van der Waals surface area contributed by atoms with Crippen LogP contribution in [0.15, 0.2) is 0 Å². The van der Waals surface area contributed by atoms with Gasteiger partial charge in [0.2, 0.25) is 0 Å². The Morgan fingerprint density at radius 3 is 1.73 bits per heavy atom. The lowest BCUT2D eigenvalue weighted by molar-refractivity contribution is 0.136. The van der Waals surface area contributed by atoms with Gasteiger partial charge in [-0.2, -0.15) is 0 Å². The molecule has 2 heterocycles. The van der Waals surface area contributed by atoms with Crippen molar-refractivity contribution in [2.75, 3.05) is 26.2 Å². The molecule has 2 aliphatic heterocycles. The highest BCUT2D eigenvalue weighted by Gasteiger charge is 2.13. The zero-order valence-corrected chi connectivity index (χ0v) is 9.37. The van der Waals surface area contributed by atoms with Crippen LogP contribution in [-0.4, -0.2) is 42.3 Å². The normalized spacial score (nSPS) is 21.5. The zero-order valence-electron chi connectivity index (χ0n) is 9.37. The summed E-state index contributed by atoms with van der Waals surface area (Å²) < 4.78 is 0. The van der Waals surface area contributed by atoms with Crippen LogP contribution in [0.2, 0.25) is 0 Å². The molecule has 0 radical (unpaired) electrons. The highest BCUT2D eigenvalue weighted by atomic mass is 16.4. The monoisotopic (exact) mass is 214 g/mol. The maximum Gasteiger partial charge on any atom is 0.407 e. The van der Waals surface area contributed by atoms with Crippen molar-refractivity contribution in [2.45, 2.75) is 38.5 Å². The third-order valence-electron chi connectivity index (χ3n) is 2.83. The summed E-state index contributed by atoms with van der Waals surface area (Å²) in [4.78, 5) is 11.8. The molecule has 0 aromatic carbocycles. The molecule has 0 unspecified atom stereocenters. The van der Waals surface area contributed by atoms with Gasteiger partial charge in [0.1, 0.15) is 0 Å². The van der Waals surface area contributed by atoms with Gasteiger partial charge in [-0.05, 0) is 45.2 Å². The van der Waals surface area contributed by atoms with Crippen molar-refractivity contribution in [3.63, 3.8) is 0 Å². The third kappa shape index (κ3) is 5.62. The van der Waals surface area contributed by atoms with Crippen LogP contribution in [0.25, 0.3) is 0 Å². The molecule has 2 fully saturated rings. The summed E-state index contributed by atoms with van der Waals surface area (Å²) in [7, 11) is 0. The second kappa shape index (κ2) is 7.51. The van der Waals surface area contributed by atoms with Crippen LogP contribution in [0.1, 0.15) is 38.5 Å². The second-order valence-corrected chi connectivity index (χ2v) is 4.14. The first kappa shape index (κ1) is 12.3. The van der Waals surface area contributed by atoms with Crippen LogP contribution >= 0.6 is 0 Å². The first-order chi connectivity index (χ1) is 7.30. The number of hydrogen-bond donors (Lipinski definition) is 2. The van der Waals surface area contributed by atoms with Crippen molar-refractivity contribution in [2.24, 2.45) is 0 Å². The smallest absolute Gasteiger partial charge is 0.407 e. The largest absolute Gasteiger partial charge is 0.465 e. The molecule has 88 valence electrons. The molecule has 2 saturated heterocycles. The van der Waals surface area contributed by atoms with Crippen molar-refractivity contribution < 1.29 is 9.90 Å². The van der Waals surface area contributed by atoms with Gasteiger partial charge in [0.05, 0.1) is 0 Å². The molecule has 2 N–H and O–H groups in total. The van der Waals surface area contributed by atoms with E-state index in [-0.39, 0.29) is 0 Å². The third-order valence-corrected chi connectivity index (χ3v) is 2.83. The van der Waals surface area contributed by atoms with Crippen LogP contribution < -0.4 is 5.32 Å². The quantitative estimate of drug-likeness (QED) is 0.647. The molecule has 2 aliphatic rings. The topological polar surface area (TPSA) is 52.6 Å². The maximum atomic E-state index is 10.3. The van der Waals surface area contributed by atoms with E-state index in [9.17, 15) is 4.79 Å². The molecule has 1 amide bonds. The molecule has 0 saturated carbocycles. The van der Waals surface area contributed by atoms with Crippen LogP contribution in [0.4, 0.5) is 4.79 Å². The molecule has 2 rings (SSSR count). The number of carbonyl (C=O) groups is 1. The number of nitrogens with one attached hydrogen (secondary N) is 1. The Hall–Kier alpha value is -0.770. The Labute approximate surface area is 91.6 Å². The van der Waals surface area contributed by atoms with Gasteiger partial charge < -0.3 is 15.3 Å². The van der Waals surface area contributed by atoms with Gasteiger partial charge in [-0.15, -0.1) is 0 Å². The summed E-state index contributed by atoms with van der Waals surface area (Å²) in [6.07, 6.45) is 6.70. The van der Waals surface area contributed by atoms with Crippen LogP contribution in [-0.2, 0) is 0 Å². The predicted octanol–water partition coefficient (Wildman–Crippen LogP) is 1.91. The summed E-state index contributed by atoms with van der Waals surface area (Å²) in [5.74, 6) is 0. The molecular weight excluding hydrogens is 192 g/mol. The summed E-state index contributed by atoms with van der Waals surface area (Å²) in [6, 6.07) is 0. The number of piperidine rings is 2. The lowest BCUT2D eigenvalue weighted by Crippen LogP contribution is -2.34. The fourth-order valence-electron chi connectivity index (χ4n) is 1.89. The van der Waals surface area contributed by atoms with E-state index >= 15 is 0 Å². The zero-order chi connectivity index (χ0) is 10.9. The fraction of sp³-hybridized carbons (Fsp3) is 0.909.